The number of nitrogens with two attached hydrogens (primary N) is 1. The summed E-state index contributed by atoms with van der Waals surface area (Å²) in [6.07, 6.45) is 7.39. The Labute approximate surface area is 145 Å². The highest BCUT2D eigenvalue weighted by molar-refractivity contribution is 5.85. The summed E-state index contributed by atoms with van der Waals surface area (Å²) in [5.41, 5.74) is 6.94. The summed E-state index contributed by atoms with van der Waals surface area (Å²) >= 11 is 0. The van der Waals surface area contributed by atoms with Gasteiger partial charge in [-0.2, -0.15) is 0 Å². The second-order valence-electron chi connectivity index (χ2n) is 6.12. The molecule has 0 heterocycles. The molecule has 1 aromatic carbocycles. The Kier molecular flexibility index (Phi) is 9.03. The van der Waals surface area contributed by atoms with Gasteiger partial charge in [-0.3, -0.25) is 4.79 Å². The SMILES string of the molecule is COc1ccccc1CCC(=O)NC(CN)C1CCCCC1.Cl. The van der Waals surface area contributed by atoms with E-state index in [0.29, 0.717) is 25.3 Å². The van der Waals surface area contributed by atoms with E-state index in [2.05, 4.69) is 5.32 Å². The summed E-state index contributed by atoms with van der Waals surface area (Å²) in [5, 5.41) is 3.14. The molecule has 0 aliphatic heterocycles. The lowest BCUT2D eigenvalue weighted by atomic mass is 9.84. The van der Waals surface area contributed by atoms with Crippen molar-refractivity contribution in [1.29, 1.82) is 0 Å². The molecule has 23 heavy (non-hydrogen) atoms. The van der Waals surface area contributed by atoms with Crippen LogP contribution in [0.5, 0.6) is 5.75 Å². The number of amides is 1. The zero-order valence-electron chi connectivity index (χ0n) is 13.9. The minimum atomic E-state index is 0. The van der Waals surface area contributed by atoms with Crippen molar-refractivity contribution in [3.8, 4) is 5.75 Å². The Balaban J connectivity index is 0.00000264. The lowest BCUT2D eigenvalue weighted by Crippen LogP contribution is -2.46. The van der Waals surface area contributed by atoms with Crippen molar-refractivity contribution in [2.24, 2.45) is 11.7 Å². The van der Waals surface area contributed by atoms with Gasteiger partial charge in [0.05, 0.1) is 7.11 Å². The van der Waals surface area contributed by atoms with Crippen LogP contribution >= 0.6 is 12.4 Å². The van der Waals surface area contributed by atoms with Crippen molar-refractivity contribution in [2.75, 3.05) is 13.7 Å². The molecule has 1 fully saturated rings. The number of carbonyl (C=O) groups excluding carboxylic acids is 1. The molecule has 4 nitrogen and oxygen atoms in total. The van der Waals surface area contributed by atoms with Crippen LogP contribution in [-0.4, -0.2) is 25.6 Å². The number of carbonyl (C=O) groups is 1. The van der Waals surface area contributed by atoms with E-state index in [1.165, 1.54) is 32.1 Å². The number of rotatable bonds is 7. The van der Waals surface area contributed by atoms with Crippen LogP contribution in [0, 0.1) is 5.92 Å². The molecule has 0 radical (unpaired) electrons. The smallest absolute Gasteiger partial charge is 0.220 e. The van der Waals surface area contributed by atoms with Gasteiger partial charge in [0.1, 0.15) is 5.75 Å². The lowest BCUT2D eigenvalue weighted by molar-refractivity contribution is -0.122. The molecule has 1 aliphatic rings. The average Bonchev–Trinajstić information content (AvgIpc) is 2.58. The van der Waals surface area contributed by atoms with Crippen molar-refractivity contribution < 1.29 is 9.53 Å². The lowest BCUT2D eigenvalue weighted by Gasteiger charge is -2.30. The van der Waals surface area contributed by atoms with E-state index >= 15 is 0 Å². The highest BCUT2D eigenvalue weighted by atomic mass is 35.5. The maximum atomic E-state index is 12.2. The van der Waals surface area contributed by atoms with Gasteiger partial charge >= 0.3 is 0 Å². The van der Waals surface area contributed by atoms with Gasteiger partial charge in [0.15, 0.2) is 0 Å². The van der Waals surface area contributed by atoms with E-state index in [9.17, 15) is 4.79 Å². The fourth-order valence-corrected chi connectivity index (χ4v) is 3.34. The first-order valence-corrected chi connectivity index (χ1v) is 8.36. The maximum Gasteiger partial charge on any atom is 0.220 e. The standard InChI is InChI=1S/C18H28N2O2.ClH/c1-22-17-10-6-5-9-15(17)11-12-18(21)20-16(13-19)14-7-3-2-4-8-14;/h5-6,9-10,14,16H,2-4,7-8,11-13,19H2,1H3,(H,20,21);1H. The summed E-state index contributed by atoms with van der Waals surface area (Å²) in [6, 6.07) is 7.98. The van der Waals surface area contributed by atoms with Gasteiger partial charge in [0, 0.05) is 19.0 Å². The van der Waals surface area contributed by atoms with E-state index in [-0.39, 0.29) is 24.4 Å². The molecule has 5 heteroatoms. The zero-order valence-corrected chi connectivity index (χ0v) is 14.7. The number of halogens is 1. The molecule has 0 aromatic heterocycles. The number of benzene rings is 1. The molecule has 3 N–H and O–H groups in total. The van der Waals surface area contributed by atoms with Crippen LogP contribution in [0.3, 0.4) is 0 Å². The molecule has 1 aromatic rings. The first kappa shape index (κ1) is 19.8. The first-order chi connectivity index (χ1) is 10.7. The summed E-state index contributed by atoms with van der Waals surface area (Å²) < 4.78 is 5.32. The van der Waals surface area contributed by atoms with E-state index in [1.54, 1.807) is 7.11 Å². The Morgan fingerprint density at radius 2 is 2.00 bits per heavy atom. The third-order valence-corrected chi connectivity index (χ3v) is 4.63. The third kappa shape index (κ3) is 6.04. The van der Waals surface area contributed by atoms with Crippen LogP contribution < -0.4 is 15.8 Å². The van der Waals surface area contributed by atoms with Crippen LogP contribution in [-0.2, 0) is 11.2 Å². The average molecular weight is 341 g/mol. The molecule has 0 saturated heterocycles. The van der Waals surface area contributed by atoms with Crippen LogP contribution in [0.25, 0.3) is 0 Å². The molecule has 1 atom stereocenters. The quantitative estimate of drug-likeness (QED) is 0.801. The molecular weight excluding hydrogens is 312 g/mol. The predicted molar refractivity (Wildman–Crippen MR) is 96.1 cm³/mol. The largest absolute Gasteiger partial charge is 0.496 e. The monoisotopic (exact) mass is 340 g/mol. The Morgan fingerprint density at radius 1 is 1.30 bits per heavy atom. The van der Waals surface area contributed by atoms with Crippen LogP contribution in [0.4, 0.5) is 0 Å². The Bertz CT molecular complexity index is 476. The zero-order chi connectivity index (χ0) is 15.8. The summed E-state index contributed by atoms with van der Waals surface area (Å²) in [4.78, 5) is 12.2. The minimum Gasteiger partial charge on any atom is -0.496 e. The number of para-hydroxylation sites is 1. The van der Waals surface area contributed by atoms with Crippen LogP contribution in [0.2, 0.25) is 0 Å². The Hall–Kier alpha value is -1.26. The number of methoxy groups -OCH3 is 1. The third-order valence-electron chi connectivity index (χ3n) is 4.63. The maximum absolute atomic E-state index is 12.2. The second-order valence-corrected chi connectivity index (χ2v) is 6.12. The predicted octanol–water partition coefficient (Wildman–Crippen LogP) is 3.07. The van der Waals surface area contributed by atoms with Gasteiger partial charge in [-0.05, 0) is 36.8 Å². The van der Waals surface area contributed by atoms with Gasteiger partial charge in [-0.15, -0.1) is 12.4 Å². The highest BCUT2D eigenvalue weighted by Crippen LogP contribution is 2.26. The number of hydrogen-bond donors (Lipinski definition) is 2. The normalized spacial score (nSPS) is 16.3. The molecule has 1 unspecified atom stereocenters. The van der Waals surface area contributed by atoms with E-state index in [0.717, 1.165) is 11.3 Å². The molecule has 2 rings (SSSR count). The second kappa shape index (κ2) is 10.5. The van der Waals surface area contributed by atoms with E-state index < -0.39 is 0 Å². The van der Waals surface area contributed by atoms with E-state index in [1.807, 2.05) is 24.3 Å². The summed E-state index contributed by atoms with van der Waals surface area (Å²) in [5.74, 6) is 1.49. The molecule has 1 amide bonds. The number of ether oxygens (including phenoxy) is 1. The van der Waals surface area contributed by atoms with Crippen molar-refractivity contribution >= 4 is 18.3 Å². The minimum absolute atomic E-state index is 0. The van der Waals surface area contributed by atoms with Gasteiger partial charge < -0.3 is 15.8 Å². The Morgan fingerprint density at radius 3 is 2.65 bits per heavy atom. The fourth-order valence-electron chi connectivity index (χ4n) is 3.34. The molecule has 1 aliphatic carbocycles. The number of hydrogen-bond acceptors (Lipinski definition) is 3. The first-order valence-electron chi connectivity index (χ1n) is 8.36. The van der Waals surface area contributed by atoms with Gasteiger partial charge in [-0.25, -0.2) is 0 Å². The van der Waals surface area contributed by atoms with Crippen molar-refractivity contribution in [2.45, 2.75) is 51.0 Å². The van der Waals surface area contributed by atoms with Crippen LogP contribution in [0.1, 0.15) is 44.1 Å². The molecule has 130 valence electrons. The molecule has 0 spiro atoms. The van der Waals surface area contributed by atoms with Gasteiger partial charge in [-0.1, -0.05) is 37.5 Å². The number of nitrogens with one attached hydrogen (secondary N) is 1. The molecule has 1 saturated carbocycles. The summed E-state index contributed by atoms with van der Waals surface area (Å²) in [6.45, 7) is 0.533. The van der Waals surface area contributed by atoms with Crippen LogP contribution in [0.15, 0.2) is 24.3 Å². The van der Waals surface area contributed by atoms with Crippen molar-refractivity contribution in [3.05, 3.63) is 29.8 Å². The van der Waals surface area contributed by atoms with Gasteiger partial charge in [0.2, 0.25) is 5.91 Å². The number of aryl methyl sites for hydroxylation is 1. The summed E-state index contributed by atoms with van der Waals surface area (Å²) in [7, 11) is 1.66. The molecule has 0 bridgehead atoms. The molecular formula is C18H29ClN2O2. The topological polar surface area (TPSA) is 64.3 Å². The van der Waals surface area contributed by atoms with Crippen molar-refractivity contribution in [3.63, 3.8) is 0 Å². The fraction of sp³-hybridized carbons (Fsp3) is 0.611. The van der Waals surface area contributed by atoms with Crippen molar-refractivity contribution in [1.82, 2.24) is 5.32 Å². The van der Waals surface area contributed by atoms with E-state index in [4.69, 9.17) is 10.5 Å². The van der Waals surface area contributed by atoms with Gasteiger partial charge in [0.25, 0.3) is 0 Å². The highest BCUT2D eigenvalue weighted by Gasteiger charge is 2.23.